The lowest BCUT2D eigenvalue weighted by atomic mass is 10.4. The second kappa shape index (κ2) is 9.24. The number of anilines is 4. The predicted octanol–water partition coefficient (Wildman–Crippen LogP) is 0.977. The first-order valence-corrected chi connectivity index (χ1v) is 6.56. The van der Waals surface area contributed by atoms with Gasteiger partial charge in [0.2, 0.25) is 5.88 Å². The maximum absolute atomic E-state index is 5.71. The van der Waals surface area contributed by atoms with Crippen molar-refractivity contribution in [2.75, 3.05) is 49.9 Å². The zero-order valence-corrected chi connectivity index (χ0v) is 12.7. The summed E-state index contributed by atoms with van der Waals surface area (Å²) in [7, 11) is 3.21. The standard InChI is InChI=1S/C9H15N3O2.C5H7N3/c1-13-6-5-11-9-7(10)3-4-8(12-9)14-2;6-4-1-2-8-3-5(4)7/h3-4H,5-6,10H2,1-2H3,(H,11,12);1-3H,7H2,(H2,6,8). The second-order valence-electron chi connectivity index (χ2n) is 4.22. The third-order valence-electron chi connectivity index (χ3n) is 2.60. The van der Waals surface area contributed by atoms with Gasteiger partial charge in [-0.2, -0.15) is 4.98 Å². The van der Waals surface area contributed by atoms with Crippen LogP contribution in [0, 0.1) is 0 Å². The largest absolute Gasteiger partial charge is 0.481 e. The fourth-order valence-electron chi connectivity index (χ4n) is 1.40. The summed E-state index contributed by atoms with van der Waals surface area (Å²) in [5.74, 6) is 1.17. The van der Waals surface area contributed by atoms with Gasteiger partial charge in [-0.1, -0.05) is 0 Å². The Kier molecular flexibility index (Phi) is 7.27. The molecule has 0 amide bonds. The van der Waals surface area contributed by atoms with E-state index in [1.807, 2.05) is 0 Å². The van der Waals surface area contributed by atoms with Crippen molar-refractivity contribution < 1.29 is 9.47 Å². The van der Waals surface area contributed by atoms with Crippen molar-refractivity contribution in [3.05, 3.63) is 30.6 Å². The first kappa shape index (κ1) is 17.3. The van der Waals surface area contributed by atoms with E-state index < -0.39 is 0 Å². The van der Waals surface area contributed by atoms with Crippen molar-refractivity contribution >= 4 is 22.9 Å². The normalized spacial score (nSPS) is 9.55. The van der Waals surface area contributed by atoms with Crippen molar-refractivity contribution in [2.45, 2.75) is 0 Å². The molecule has 0 saturated carbocycles. The number of nitrogens with two attached hydrogens (primary N) is 3. The molecule has 2 aromatic heterocycles. The van der Waals surface area contributed by atoms with Gasteiger partial charge < -0.3 is 32.0 Å². The highest BCUT2D eigenvalue weighted by atomic mass is 16.5. The quantitative estimate of drug-likeness (QED) is 0.600. The van der Waals surface area contributed by atoms with Gasteiger partial charge >= 0.3 is 0 Å². The summed E-state index contributed by atoms with van der Waals surface area (Å²) < 4.78 is 9.88. The molecule has 0 bridgehead atoms. The van der Waals surface area contributed by atoms with E-state index in [2.05, 4.69) is 15.3 Å². The molecule has 22 heavy (non-hydrogen) atoms. The Labute approximate surface area is 129 Å². The smallest absolute Gasteiger partial charge is 0.215 e. The van der Waals surface area contributed by atoms with Crippen molar-refractivity contribution in [3.63, 3.8) is 0 Å². The van der Waals surface area contributed by atoms with Crippen LogP contribution in [0.4, 0.5) is 22.9 Å². The fraction of sp³-hybridized carbons (Fsp3) is 0.286. The zero-order valence-electron chi connectivity index (χ0n) is 12.7. The van der Waals surface area contributed by atoms with Crippen LogP contribution >= 0.6 is 0 Å². The Morgan fingerprint density at radius 1 is 1.05 bits per heavy atom. The second-order valence-corrected chi connectivity index (χ2v) is 4.22. The van der Waals surface area contributed by atoms with Gasteiger partial charge in [-0.3, -0.25) is 4.98 Å². The van der Waals surface area contributed by atoms with Gasteiger partial charge in [0.05, 0.1) is 37.0 Å². The highest BCUT2D eigenvalue weighted by Gasteiger charge is 2.01. The van der Waals surface area contributed by atoms with Crippen LogP contribution in [0.3, 0.4) is 0 Å². The van der Waals surface area contributed by atoms with E-state index in [0.29, 0.717) is 41.9 Å². The molecule has 2 aromatic rings. The van der Waals surface area contributed by atoms with Crippen molar-refractivity contribution in [2.24, 2.45) is 0 Å². The van der Waals surface area contributed by atoms with Gasteiger partial charge in [0, 0.05) is 25.9 Å². The lowest BCUT2D eigenvalue weighted by Gasteiger charge is -2.08. The number of hydrogen-bond donors (Lipinski definition) is 4. The molecule has 0 saturated heterocycles. The number of aromatic nitrogens is 2. The number of nitrogen functional groups attached to an aromatic ring is 3. The molecule has 7 N–H and O–H groups in total. The predicted molar refractivity (Wildman–Crippen MR) is 88.6 cm³/mol. The number of hydrogen-bond acceptors (Lipinski definition) is 8. The molecule has 0 spiro atoms. The van der Waals surface area contributed by atoms with Crippen molar-refractivity contribution in [3.8, 4) is 5.88 Å². The molecule has 0 fully saturated rings. The summed E-state index contributed by atoms with van der Waals surface area (Å²) in [6, 6.07) is 5.13. The minimum atomic E-state index is 0.535. The molecular weight excluding hydrogens is 284 g/mol. The molecule has 0 aliphatic rings. The van der Waals surface area contributed by atoms with Gasteiger partial charge in [-0.15, -0.1) is 0 Å². The van der Waals surface area contributed by atoms with Crippen molar-refractivity contribution in [1.82, 2.24) is 9.97 Å². The van der Waals surface area contributed by atoms with Gasteiger partial charge in [-0.05, 0) is 12.1 Å². The van der Waals surface area contributed by atoms with Crippen LogP contribution in [0.25, 0.3) is 0 Å². The monoisotopic (exact) mass is 306 g/mol. The summed E-state index contributed by atoms with van der Waals surface area (Å²) in [5.41, 5.74) is 18.1. The maximum Gasteiger partial charge on any atom is 0.215 e. The van der Waals surface area contributed by atoms with Crippen LogP contribution in [0.2, 0.25) is 0 Å². The Balaban J connectivity index is 0.000000255. The van der Waals surface area contributed by atoms with Crippen LogP contribution < -0.4 is 27.3 Å². The lowest BCUT2D eigenvalue weighted by molar-refractivity contribution is 0.210. The Bertz CT molecular complexity index is 558. The van der Waals surface area contributed by atoms with Crippen LogP contribution in [0.15, 0.2) is 30.6 Å². The van der Waals surface area contributed by atoms with E-state index in [4.69, 9.17) is 26.7 Å². The maximum atomic E-state index is 5.71. The van der Waals surface area contributed by atoms with Crippen LogP contribution in [0.1, 0.15) is 0 Å². The average molecular weight is 306 g/mol. The molecule has 0 aliphatic carbocycles. The van der Waals surface area contributed by atoms with Gasteiger partial charge in [-0.25, -0.2) is 0 Å². The first-order valence-electron chi connectivity index (χ1n) is 6.56. The number of methoxy groups -OCH3 is 2. The Morgan fingerprint density at radius 3 is 2.36 bits per heavy atom. The number of ether oxygens (including phenoxy) is 2. The van der Waals surface area contributed by atoms with Crippen LogP contribution in [0.5, 0.6) is 5.88 Å². The third-order valence-corrected chi connectivity index (χ3v) is 2.60. The van der Waals surface area contributed by atoms with E-state index in [9.17, 15) is 0 Å². The molecule has 8 heteroatoms. The lowest BCUT2D eigenvalue weighted by Crippen LogP contribution is -2.10. The van der Waals surface area contributed by atoms with Crippen LogP contribution in [-0.4, -0.2) is 37.3 Å². The zero-order chi connectivity index (χ0) is 16.4. The van der Waals surface area contributed by atoms with E-state index in [1.54, 1.807) is 38.6 Å². The highest BCUT2D eigenvalue weighted by molar-refractivity contribution is 5.62. The molecule has 0 aromatic carbocycles. The summed E-state index contributed by atoms with van der Waals surface area (Å²) in [4.78, 5) is 7.89. The molecule has 0 atom stereocenters. The number of nitrogens with zero attached hydrogens (tertiary/aromatic N) is 2. The average Bonchev–Trinajstić information content (AvgIpc) is 2.53. The van der Waals surface area contributed by atoms with E-state index in [0.717, 1.165) is 0 Å². The Morgan fingerprint density at radius 2 is 1.82 bits per heavy atom. The summed E-state index contributed by atoms with van der Waals surface area (Å²) >= 11 is 0. The van der Waals surface area contributed by atoms with Gasteiger partial charge in [0.15, 0.2) is 5.82 Å². The molecular formula is C14H22N6O2. The summed E-state index contributed by atoms with van der Waals surface area (Å²) in [6.45, 7) is 1.28. The highest BCUT2D eigenvalue weighted by Crippen LogP contribution is 2.18. The summed E-state index contributed by atoms with van der Waals surface area (Å²) in [5, 5.41) is 3.05. The summed E-state index contributed by atoms with van der Waals surface area (Å²) in [6.07, 6.45) is 3.13. The fourth-order valence-corrected chi connectivity index (χ4v) is 1.40. The van der Waals surface area contributed by atoms with E-state index >= 15 is 0 Å². The molecule has 8 nitrogen and oxygen atoms in total. The number of nitrogens with one attached hydrogen (secondary N) is 1. The minimum absolute atomic E-state index is 0.535. The number of pyridine rings is 2. The topological polar surface area (TPSA) is 134 Å². The molecule has 120 valence electrons. The van der Waals surface area contributed by atoms with E-state index in [-0.39, 0.29) is 0 Å². The van der Waals surface area contributed by atoms with Gasteiger partial charge in [0.25, 0.3) is 0 Å². The molecule has 0 radical (unpaired) electrons. The molecule has 0 aliphatic heterocycles. The Hall–Kier alpha value is -2.74. The first-order chi connectivity index (χ1) is 10.6. The third kappa shape index (κ3) is 5.71. The molecule has 0 unspecified atom stereocenters. The van der Waals surface area contributed by atoms with Gasteiger partial charge in [0.1, 0.15) is 0 Å². The molecule has 2 heterocycles. The minimum Gasteiger partial charge on any atom is -0.481 e. The van der Waals surface area contributed by atoms with Crippen molar-refractivity contribution in [1.29, 1.82) is 0 Å². The molecule has 2 rings (SSSR count). The number of rotatable bonds is 5. The van der Waals surface area contributed by atoms with E-state index in [1.165, 1.54) is 6.20 Å². The van der Waals surface area contributed by atoms with Crippen LogP contribution in [-0.2, 0) is 4.74 Å². The SMILES string of the molecule is COCCNc1nc(OC)ccc1N.Nc1ccncc1N.